The van der Waals surface area contributed by atoms with E-state index in [2.05, 4.69) is 19.9 Å². The van der Waals surface area contributed by atoms with E-state index in [1.54, 1.807) is 24.6 Å². The number of benzene rings is 2. The maximum atomic E-state index is 13.0. The second-order valence-electron chi connectivity index (χ2n) is 6.71. The fourth-order valence-corrected chi connectivity index (χ4v) is 4.76. The van der Waals surface area contributed by atoms with E-state index in [1.807, 2.05) is 48.5 Å². The third-order valence-electron chi connectivity index (χ3n) is 4.55. The predicted molar refractivity (Wildman–Crippen MR) is 114 cm³/mol. The first-order valence-corrected chi connectivity index (χ1v) is 11.0. The van der Waals surface area contributed by atoms with Gasteiger partial charge in [0.15, 0.2) is 0 Å². The van der Waals surface area contributed by atoms with E-state index in [-0.39, 0.29) is 10.8 Å². The summed E-state index contributed by atoms with van der Waals surface area (Å²) in [6.07, 6.45) is 1.45. The predicted octanol–water partition coefficient (Wildman–Crippen LogP) is 3.58. The molecule has 10 heteroatoms. The van der Waals surface area contributed by atoms with Gasteiger partial charge >= 0.3 is 0 Å². The number of aromatic nitrogens is 5. The molecular formula is C20H19ClN6O2S. The topological polar surface area (TPSA) is 94.7 Å². The number of hydrogen-bond donors (Lipinski definition) is 1. The monoisotopic (exact) mass is 442 g/mol. The van der Waals surface area contributed by atoms with Crippen LogP contribution in [0.4, 0.5) is 5.95 Å². The molecule has 0 spiro atoms. The first-order valence-electron chi connectivity index (χ1n) is 9.12. The molecule has 4 rings (SSSR count). The lowest BCUT2D eigenvalue weighted by Crippen LogP contribution is -2.16. The van der Waals surface area contributed by atoms with Crippen LogP contribution in [0.25, 0.3) is 5.69 Å². The summed E-state index contributed by atoms with van der Waals surface area (Å²) in [4.78, 5) is 4.17. The average molecular weight is 443 g/mol. The van der Waals surface area contributed by atoms with Crippen LogP contribution < -0.4 is 4.72 Å². The lowest BCUT2D eigenvalue weighted by molar-refractivity contribution is 0.599. The fourth-order valence-electron chi connectivity index (χ4n) is 3.23. The Labute approximate surface area is 179 Å². The number of halogens is 1. The summed E-state index contributed by atoms with van der Waals surface area (Å²) in [7, 11) is -3.93. The van der Waals surface area contributed by atoms with Crippen molar-refractivity contribution in [3.05, 3.63) is 82.9 Å². The number of nitrogens with zero attached hydrogens (tertiary/aromatic N) is 5. The van der Waals surface area contributed by atoms with E-state index >= 15 is 0 Å². The largest absolute Gasteiger partial charge is 0.267 e. The smallest absolute Gasteiger partial charge is 0.246 e. The van der Waals surface area contributed by atoms with Crippen LogP contribution in [0, 0.1) is 13.8 Å². The molecule has 0 atom stereocenters. The summed E-state index contributed by atoms with van der Waals surface area (Å²) in [5, 5.41) is 9.21. The Balaban J connectivity index is 1.59. The molecule has 0 amide bonds. The first-order chi connectivity index (χ1) is 14.3. The number of rotatable bonds is 6. The van der Waals surface area contributed by atoms with Gasteiger partial charge in [0.25, 0.3) is 16.0 Å². The molecule has 0 unspecified atom stereocenters. The molecule has 0 aliphatic heterocycles. The van der Waals surface area contributed by atoms with Crippen molar-refractivity contribution in [3.63, 3.8) is 0 Å². The molecule has 8 nitrogen and oxygen atoms in total. The zero-order valence-corrected chi connectivity index (χ0v) is 17.9. The Morgan fingerprint density at radius 2 is 1.70 bits per heavy atom. The summed E-state index contributed by atoms with van der Waals surface area (Å²) < 4.78 is 31.6. The van der Waals surface area contributed by atoms with Crippen molar-refractivity contribution in [1.82, 2.24) is 24.5 Å². The number of nitrogens with one attached hydrogen (secondary N) is 1. The maximum absolute atomic E-state index is 13.0. The van der Waals surface area contributed by atoms with Crippen molar-refractivity contribution in [3.8, 4) is 5.69 Å². The van der Waals surface area contributed by atoms with Gasteiger partial charge in [-0.3, -0.25) is 0 Å². The van der Waals surface area contributed by atoms with E-state index in [1.165, 1.54) is 11.0 Å². The van der Waals surface area contributed by atoms with E-state index in [4.69, 9.17) is 11.6 Å². The lowest BCUT2D eigenvalue weighted by atomic mass is 10.2. The van der Waals surface area contributed by atoms with Crippen molar-refractivity contribution >= 4 is 27.6 Å². The van der Waals surface area contributed by atoms with Gasteiger partial charge in [0.2, 0.25) is 0 Å². The van der Waals surface area contributed by atoms with Gasteiger partial charge in [0.05, 0.1) is 23.6 Å². The number of para-hydroxylation sites is 1. The van der Waals surface area contributed by atoms with Crippen molar-refractivity contribution < 1.29 is 8.42 Å². The lowest BCUT2D eigenvalue weighted by Gasteiger charge is -2.07. The zero-order valence-electron chi connectivity index (χ0n) is 16.3. The number of anilines is 1. The second kappa shape index (κ2) is 7.92. The Kier molecular flexibility index (Phi) is 5.31. The molecule has 0 saturated heterocycles. The van der Waals surface area contributed by atoms with Gasteiger partial charge < -0.3 is 0 Å². The van der Waals surface area contributed by atoms with E-state index in [0.29, 0.717) is 23.0 Å². The van der Waals surface area contributed by atoms with Gasteiger partial charge in [-0.2, -0.15) is 10.1 Å². The van der Waals surface area contributed by atoms with Crippen molar-refractivity contribution in [2.24, 2.45) is 0 Å². The highest BCUT2D eigenvalue weighted by molar-refractivity contribution is 7.92. The Morgan fingerprint density at radius 1 is 1.00 bits per heavy atom. The minimum atomic E-state index is -3.93. The van der Waals surface area contributed by atoms with Crippen LogP contribution in [-0.2, 0) is 16.6 Å². The standard InChI is InChI=1S/C20H19ClN6O2S/c1-14-19(15(2)27(23-14)17-9-4-3-5-10-17)30(28,29)25-20-22-13-26(24-20)12-16-8-6-7-11-18(16)21/h3-11,13H,12H2,1-2H3,(H,24,25). The molecule has 0 fully saturated rings. The minimum Gasteiger partial charge on any atom is -0.246 e. The van der Waals surface area contributed by atoms with E-state index in [9.17, 15) is 8.42 Å². The van der Waals surface area contributed by atoms with E-state index in [0.717, 1.165) is 11.3 Å². The number of aryl methyl sites for hydroxylation is 1. The van der Waals surface area contributed by atoms with Gasteiger partial charge in [-0.1, -0.05) is 48.0 Å². The van der Waals surface area contributed by atoms with Gasteiger partial charge in [0.1, 0.15) is 11.2 Å². The SMILES string of the molecule is Cc1nn(-c2ccccc2)c(C)c1S(=O)(=O)Nc1ncn(Cc2ccccc2Cl)n1. The average Bonchev–Trinajstić information content (AvgIpc) is 3.27. The molecule has 0 saturated carbocycles. The maximum Gasteiger partial charge on any atom is 0.267 e. The number of sulfonamides is 1. The van der Waals surface area contributed by atoms with Gasteiger partial charge in [-0.05, 0) is 37.6 Å². The molecule has 2 aromatic heterocycles. The molecule has 0 bridgehead atoms. The van der Waals surface area contributed by atoms with Gasteiger partial charge in [-0.15, -0.1) is 5.10 Å². The Hall–Kier alpha value is -3.17. The highest BCUT2D eigenvalue weighted by Crippen LogP contribution is 2.24. The molecule has 2 heterocycles. The highest BCUT2D eigenvalue weighted by atomic mass is 35.5. The molecule has 154 valence electrons. The molecule has 4 aromatic rings. The molecule has 0 aliphatic carbocycles. The number of hydrogen-bond acceptors (Lipinski definition) is 5. The second-order valence-corrected chi connectivity index (χ2v) is 8.74. The first kappa shape index (κ1) is 20.1. The molecular weight excluding hydrogens is 424 g/mol. The third-order valence-corrected chi connectivity index (χ3v) is 6.50. The van der Waals surface area contributed by atoms with E-state index < -0.39 is 10.0 Å². The van der Waals surface area contributed by atoms with Gasteiger partial charge in [0, 0.05) is 5.02 Å². The summed E-state index contributed by atoms with van der Waals surface area (Å²) in [6, 6.07) is 16.7. The molecule has 2 aromatic carbocycles. The Bertz CT molecular complexity index is 1300. The van der Waals surface area contributed by atoms with Crippen LogP contribution in [0.3, 0.4) is 0 Å². The Morgan fingerprint density at radius 3 is 2.43 bits per heavy atom. The highest BCUT2D eigenvalue weighted by Gasteiger charge is 2.26. The summed E-state index contributed by atoms with van der Waals surface area (Å²) in [6.45, 7) is 3.74. The van der Waals surface area contributed by atoms with Crippen LogP contribution in [0.15, 0.2) is 65.8 Å². The van der Waals surface area contributed by atoms with Crippen LogP contribution in [-0.4, -0.2) is 33.0 Å². The van der Waals surface area contributed by atoms with Crippen molar-refractivity contribution in [2.45, 2.75) is 25.3 Å². The summed E-state index contributed by atoms with van der Waals surface area (Å²) in [5.74, 6) is -0.0201. The quantitative estimate of drug-likeness (QED) is 0.492. The normalized spacial score (nSPS) is 11.6. The fraction of sp³-hybridized carbons (Fsp3) is 0.150. The van der Waals surface area contributed by atoms with Crippen LogP contribution in [0.5, 0.6) is 0 Å². The van der Waals surface area contributed by atoms with Crippen molar-refractivity contribution in [1.29, 1.82) is 0 Å². The molecule has 0 aliphatic rings. The van der Waals surface area contributed by atoms with Crippen LogP contribution >= 0.6 is 11.6 Å². The van der Waals surface area contributed by atoms with Crippen LogP contribution in [0.2, 0.25) is 5.02 Å². The van der Waals surface area contributed by atoms with Gasteiger partial charge in [-0.25, -0.2) is 22.5 Å². The third kappa shape index (κ3) is 3.94. The van der Waals surface area contributed by atoms with Crippen molar-refractivity contribution in [2.75, 3.05) is 4.72 Å². The molecule has 0 radical (unpaired) electrons. The summed E-state index contributed by atoms with van der Waals surface area (Å²) in [5.41, 5.74) is 2.53. The minimum absolute atomic E-state index is 0.0201. The van der Waals surface area contributed by atoms with Crippen LogP contribution in [0.1, 0.15) is 17.0 Å². The summed E-state index contributed by atoms with van der Waals surface area (Å²) >= 11 is 6.17. The molecule has 1 N–H and O–H groups in total. The zero-order chi connectivity index (χ0) is 21.3. The molecule has 30 heavy (non-hydrogen) atoms.